The van der Waals surface area contributed by atoms with E-state index in [4.69, 9.17) is 0 Å². The minimum atomic E-state index is -2.52. The molecule has 0 nitrogen and oxygen atoms in total. The molecule has 1 aliphatic carbocycles. The Morgan fingerprint density at radius 2 is 1.92 bits per heavy atom. The second kappa shape index (κ2) is 3.55. The maximum atomic E-state index is 12.6. The first-order valence-corrected chi connectivity index (χ1v) is 4.67. The number of halogens is 2. The fraction of sp³-hybridized carbons (Fsp3) is 0.800. The number of hydrogen-bond acceptors (Lipinski definition) is 0. The topological polar surface area (TPSA) is 0 Å². The van der Waals surface area contributed by atoms with Gasteiger partial charge in [0.15, 0.2) is 0 Å². The zero-order valence-electron chi connectivity index (χ0n) is 7.58. The van der Waals surface area contributed by atoms with Crippen molar-refractivity contribution in [3.8, 4) is 0 Å². The van der Waals surface area contributed by atoms with Crippen molar-refractivity contribution in [3.63, 3.8) is 0 Å². The fourth-order valence-electron chi connectivity index (χ4n) is 1.52. The summed E-state index contributed by atoms with van der Waals surface area (Å²) >= 11 is 0. The highest BCUT2D eigenvalue weighted by molar-refractivity contribution is 5.33. The van der Waals surface area contributed by atoms with Gasteiger partial charge in [0.1, 0.15) is 0 Å². The highest BCUT2D eigenvalue weighted by Gasteiger charge is 2.60. The van der Waals surface area contributed by atoms with Crippen LogP contribution in [0.5, 0.6) is 0 Å². The standard InChI is InChI=1S/C10H16F2/c1-3-4-5-6-7-9-8(2)10(9,11)12/h9H,2-7H2,1H3. The van der Waals surface area contributed by atoms with E-state index in [1.165, 1.54) is 0 Å². The summed E-state index contributed by atoms with van der Waals surface area (Å²) in [7, 11) is 0. The predicted octanol–water partition coefficient (Wildman–Crippen LogP) is 3.78. The summed E-state index contributed by atoms with van der Waals surface area (Å²) in [5.74, 6) is -3.01. The SMILES string of the molecule is C=C1C(CCCCCC)C1(F)F. The Balaban J connectivity index is 2.07. The summed E-state index contributed by atoms with van der Waals surface area (Å²) in [6.45, 7) is 5.47. The molecule has 0 heterocycles. The minimum absolute atomic E-state index is 0.152. The van der Waals surface area contributed by atoms with Gasteiger partial charge >= 0.3 is 0 Å². The van der Waals surface area contributed by atoms with Crippen LogP contribution in [0.1, 0.15) is 39.0 Å². The van der Waals surface area contributed by atoms with Crippen LogP contribution in [-0.2, 0) is 0 Å². The van der Waals surface area contributed by atoms with Crippen LogP contribution in [0.25, 0.3) is 0 Å². The second-order valence-electron chi connectivity index (χ2n) is 3.55. The molecule has 0 aromatic rings. The molecule has 2 heteroatoms. The second-order valence-corrected chi connectivity index (χ2v) is 3.55. The number of hydrogen-bond donors (Lipinski definition) is 0. The summed E-state index contributed by atoms with van der Waals surface area (Å²) in [5.41, 5.74) is 0.152. The van der Waals surface area contributed by atoms with Gasteiger partial charge in [-0.2, -0.15) is 0 Å². The average Bonchev–Trinajstić information content (AvgIpc) is 2.47. The molecular formula is C10H16F2. The fourth-order valence-corrected chi connectivity index (χ4v) is 1.52. The molecule has 0 N–H and O–H groups in total. The highest BCUT2D eigenvalue weighted by Crippen LogP contribution is 2.55. The molecule has 12 heavy (non-hydrogen) atoms. The number of allylic oxidation sites excluding steroid dienone is 1. The lowest BCUT2D eigenvalue weighted by Crippen LogP contribution is -1.93. The molecule has 0 saturated heterocycles. The van der Waals surface area contributed by atoms with E-state index in [0.717, 1.165) is 25.7 Å². The van der Waals surface area contributed by atoms with Crippen molar-refractivity contribution in [2.75, 3.05) is 0 Å². The summed E-state index contributed by atoms with van der Waals surface area (Å²) < 4.78 is 25.2. The molecule has 0 spiro atoms. The van der Waals surface area contributed by atoms with E-state index in [9.17, 15) is 8.78 Å². The van der Waals surface area contributed by atoms with Gasteiger partial charge in [-0.3, -0.25) is 0 Å². The van der Waals surface area contributed by atoms with Crippen LogP contribution in [0, 0.1) is 5.92 Å². The van der Waals surface area contributed by atoms with Crippen molar-refractivity contribution in [2.45, 2.75) is 45.0 Å². The summed E-state index contributed by atoms with van der Waals surface area (Å²) in [4.78, 5) is 0. The van der Waals surface area contributed by atoms with Crippen LogP contribution >= 0.6 is 0 Å². The molecule has 70 valence electrons. The van der Waals surface area contributed by atoms with E-state index < -0.39 is 11.8 Å². The smallest absolute Gasteiger partial charge is 0.201 e. The van der Waals surface area contributed by atoms with Crippen molar-refractivity contribution in [1.29, 1.82) is 0 Å². The van der Waals surface area contributed by atoms with Crippen molar-refractivity contribution in [2.24, 2.45) is 5.92 Å². The highest BCUT2D eigenvalue weighted by atomic mass is 19.3. The zero-order valence-corrected chi connectivity index (χ0v) is 7.58. The zero-order chi connectivity index (χ0) is 9.19. The van der Waals surface area contributed by atoms with Crippen LogP contribution < -0.4 is 0 Å². The first kappa shape index (κ1) is 9.69. The molecule has 0 bridgehead atoms. The van der Waals surface area contributed by atoms with E-state index in [2.05, 4.69) is 13.5 Å². The Labute approximate surface area is 72.7 Å². The first-order valence-electron chi connectivity index (χ1n) is 4.67. The molecular weight excluding hydrogens is 158 g/mol. The Hall–Kier alpha value is -0.400. The molecule has 0 aliphatic heterocycles. The first-order chi connectivity index (χ1) is 5.60. The Bertz CT molecular complexity index is 173. The van der Waals surface area contributed by atoms with Crippen LogP contribution in [0.3, 0.4) is 0 Å². The third kappa shape index (κ3) is 1.85. The number of rotatable bonds is 5. The molecule has 0 aromatic heterocycles. The Morgan fingerprint density at radius 1 is 1.33 bits per heavy atom. The van der Waals surface area contributed by atoms with Gasteiger partial charge < -0.3 is 0 Å². The van der Waals surface area contributed by atoms with Crippen LogP contribution in [0.15, 0.2) is 12.2 Å². The van der Waals surface area contributed by atoms with Gasteiger partial charge in [0.05, 0.1) is 5.92 Å². The lowest BCUT2D eigenvalue weighted by molar-refractivity contribution is 0.107. The summed E-state index contributed by atoms with van der Waals surface area (Å²) in [5, 5.41) is 0. The van der Waals surface area contributed by atoms with E-state index in [1.54, 1.807) is 0 Å². The third-order valence-corrected chi connectivity index (χ3v) is 2.55. The van der Waals surface area contributed by atoms with Gasteiger partial charge in [-0.25, -0.2) is 8.78 Å². The van der Waals surface area contributed by atoms with Gasteiger partial charge in [0.2, 0.25) is 0 Å². The van der Waals surface area contributed by atoms with Crippen LogP contribution in [0.2, 0.25) is 0 Å². The lowest BCUT2D eigenvalue weighted by Gasteiger charge is -1.96. The van der Waals surface area contributed by atoms with Crippen molar-refractivity contribution in [3.05, 3.63) is 12.2 Å². The maximum absolute atomic E-state index is 12.6. The normalized spacial score (nSPS) is 25.9. The van der Waals surface area contributed by atoms with Crippen molar-refractivity contribution < 1.29 is 8.78 Å². The molecule has 1 aliphatic rings. The van der Waals surface area contributed by atoms with Gasteiger partial charge in [-0.1, -0.05) is 39.2 Å². The van der Waals surface area contributed by atoms with E-state index in [0.29, 0.717) is 6.42 Å². The van der Waals surface area contributed by atoms with E-state index in [1.807, 2.05) is 0 Å². The van der Waals surface area contributed by atoms with Crippen molar-refractivity contribution in [1.82, 2.24) is 0 Å². The molecule has 1 unspecified atom stereocenters. The summed E-state index contributed by atoms with van der Waals surface area (Å²) in [6.07, 6.45) is 4.95. The van der Waals surface area contributed by atoms with Gasteiger partial charge in [-0.05, 0) is 6.42 Å². The van der Waals surface area contributed by atoms with Crippen molar-refractivity contribution >= 4 is 0 Å². The molecule has 1 rings (SSSR count). The van der Waals surface area contributed by atoms with Crippen LogP contribution in [0.4, 0.5) is 8.78 Å². The Kier molecular flexibility index (Phi) is 2.86. The third-order valence-electron chi connectivity index (χ3n) is 2.55. The number of unbranched alkanes of at least 4 members (excludes halogenated alkanes) is 3. The van der Waals surface area contributed by atoms with Gasteiger partial charge in [-0.15, -0.1) is 0 Å². The molecule has 0 amide bonds. The monoisotopic (exact) mass is 174 g/mol. The van der Waals surface area contributed by atoms with Gasteiger partial charge in [0, 0.05) is 5.57 Å². The van der Waals surface area contributed by atoms with Gasteiger partial charge in [0.25, 0.3) is 5.92 Å². The summed E-state index contributed by atoms with van der Waals surface area (Å²) in [6, 6.07) is 0. The van der Waals surface area contributed by atoms with E-state index >= 15 is 0 Å². The quantitative estimate of drug-likeness (QED) is 0.439. The van der Waals surface area contributed by atoms with Crippen LogP contribution in [-0.4, -0.2) is 5.92 Å². The Morgan fingerprint density at radius 3 is 2.33 bits per heavy atom. The molecule has 1 fully saturated rings. The lowest BCUT2D eigenvalue weighted by atomic mass is 10.1. The average molecular weight is 174 g/mol. The minimum Gasteiger partial charge on any atom is -0.201 e. The number of alkyl halides is 2. The molecule has 1 atom stereocenters. The molecule has 1 saturated carbocycles. The predicted molar refractivity (Wildman–Crippen MR) is 46.3 cm³/mol. The van der Waals surface area contributed by atoms with E-state index in [-0.39, 0.29) is 5.57 Å². The molecule has 0 aromatic carbocycles. The largest absolute Gasteiger partial charge is 0.276 e. The maximum Gasteiger partial charge on any atom is 0.276 e. The molecule has 0 radical (unpaired) electrons.